The average Bonchev–Trinajstić information content (AvgIpc) is 3.06. The molecule has 1 fully saturated rings. The second kappa shape index (κ2) is 8.47. The minimum absolute atomic E-state index is 0.0379. The van der Waals surface area contributed by atoms with Gasteiger partial charge in [0.05, 0.1) is 17.8 Å². The standard InChI is InChI=1S/C18H24N2O4/c1-12-6-8-15(14(10-12)18(23)24)20-17(22)11-19-16(21)9-7-13-4-2-3-5-13/h6,8,10,13H,2-5,7,9,11H2,1H3,(H,19,21)(H,20,22)(H,23,24). The topological polar surface area (TPSA) is 95.5 Å². The Morgan fingerprint density at radius 1 is 1.17 bits per heavy atom. The number of hydrogen-bond acceptors (Lipinski definition) is 3. The normalized spacial score (nSPS) is 14.4. The highest BCUT2D eigenvalue weighted by molar-refractivity contribution is 6.01. The van der Waals surface area contributed by atoms with E-state index in [1.807, 2.05) is 0 Å². The molecule has 0 aromatic heterocycles. The Morgan fingerprint density at radius 2 is 1.88 bits per heavy atom. The van der Waals surface area contributed by atoms with Crippen LogP contribution in [0.1, 0.15) is 54.4 Å². The maximum atomic E-state index is 11.9. The van der Waals surface area contributed by atoms with Gasteiger partial charge in [0.1, 0.15) is 0 Å². The lowest BCUT2D eigenvalue weighted by molar-refractivity contribution is -0.124. The molecule has 1 aliphatic rings. The van der Waals surface area contributed by atoms with Crippen molar-refractivity contribution in [3.8, 4) is 0 Å². The number of rotatable bonds is 7. The van der Waals surface area contributed by atoms with E-state index in [4.69, 9.17) is 0 Å². The average molecular weight is 332 g/mol. The van der Waals surface area contributed by atoms with E-state index in [9.17, 15) is 19.5 Å². The number of nitrogens with one attached hydrogen (secondary N) is 2. The minimum atomic E-state index is -1.10. The molecule has 1 aromatic rings. The Bertz CT molecular complexity index is 621. The van der Waals surface area contributed by atoms with E-state index < -0.39 is 11.9 Å². The smallest absolute Gasteiger partial charge is 0.337 e. The molecule has 0 heterocycles. The summed E-state index contributed by atoms with van der Waals surface area (Å²) in [7, 11) is 0. The van der Waals surface area contributed by atoms with Crippen LogP contribution in [-0.2, 0) is 9.59 Å². The molecule has 2 amide bonds. The monoisotopic (exact) mass is 332 g/mol. The first-order valence-electron chi connectivity index (χ1n) is 8.36. The maximum absolute atomic E-state index is 11.9. The van der Waals surface area contributed by atoms with Crippen molar-refractivity contribution in [2.24, 2.45) is 5.92 Å². The van der Waals surface area contributed by atoms with Gasteiger partial charge in [0.25, 0.3) is 0 Å². The summed E-state index contributed by atoms with van der Waals surface area (Å²) in [4.78, 5) is 34.9. The number of carbonyl (C=O) groups is 3. The molecule has 6 nitrogen and oxygen atoms in total. The van der Waals surface area contributed by atoms with Gasteiger partial charge in [0.15, 0.2) is 0 Å². The Labute approximate surface area is 141 Å². The van der Waals surface area contributed by atoms with Crippen molar-refractivity contribution >= 4 is 23.5 Å². The van der Waals surface area contributed by atoms with E-state index in [2.05, 4.69) is 10.6 Å². The summed E-state index contributed by atoms with van der Waals surface area (Å²) in [5, 5.41) is 14.3. The molecule has 2 rings (SSSR count). The summed E-state index contributed by atoms with van der Waals surface area (Å²) in [6.07, 6.45) is 6.18. The van der Waals surface area contributed by atoms with Gasteiger partial charge in [-0.1, -0.05) is 37.3 Å². The van der Waals surface area contributed by atoms with Crippen LogP contribution in [0.25, 0.3) is 0 Å². The lowest BCUT2D eigenvalue weighted by Gasteiger charge is -2.11. The molecule has 1 saturated carbocycles. The second-order valence-electron chi connectivity index (χ2n) is 6.37. The van der Waals surface area contributed by atoms with Crippen molar-refractivity contribution in [3.05, 3.63) is 29.3 Å². The van der Waals surface area contributed by atoms with Gasteiger partial charge in [-0.25, -0.2) is 4.79 Å². The SMILES string of the molecule is Cc1ccc(NC(=O)CNC(=O)CCC2CCCC2)c(C(=O)O)c1. The summed E-state index contributed by atoms with van der Waals surface area (Å²) in [6.45, 7) is 1.62. The van der Waals surface area contributed by atoms with E-state index in [1.54, 1.807) is 19.1 Å². The number of aryl methyl sites for hydroxylation is 1. The van der Waals surface area contributed by atoms with Gasteiger partial charge >= 0.3 is 5.97 Å². The summed E-state index contributed by atoms with van der Waals surface area (Å²) in [5.74, 6) is -1.04. The fraction of sp³-hybridized carbons (Fsp3) is 0.500. The third kappa shape index (κ3) is 5.37. The zero-order valence-corrected chi connectivity index (χ0v) is 13.9. The Balaban J connectivity index is 1.78. The molecular formula is C18H24N2O4. The van der Waals surface area contributed by atoms with Gasteiger partial charge in [-0.3, -0.25) is 9.59 Å². The van der Waals surface area contributed by atoms with Gasteiger partial charge in [-0.05, 0) is 31.4 Å². The number of benzene rings is 1. The molecule has 3 N–H and O–H groups in total. The first-order chi connectivity index (χ1) is 11.5. The van der Waals surface area contributed by atoms with E-state index in [0.717, 1.165) is 12.0 Å². The van der Waals surface area contributed by atoms with Crippen molar-refractivity contribution in [2.45, 2.75) is 45.4 Å². The first kappa shape index (κ1) is 18.0. The highest BCUT2D eigenvalue weighted by atomic mass is 16.4. The third-order valence-electron chi connectivity index (χ3n) is 4.38. The Hall–Kier alpha value is -2.37. The number of hydrogen-bond donors (Lipinski definition) is 3. The van der Waals surface area contributed by atoms with Gasteiger partial charge < -0.3 is 15.7 Å². The van der Waals surface area contributed by atoms with Gasteiger partial charge in [-0.15, -0.1) is 0 Å². The van der Waals surface area contributed by atoms with Crippen LogP contribution in [0.4, 0.5) is 5.69 Å². The van der Waals surface area contributed by atoms with Crippen LogP contribution in [0.15, 0.2) is 18.2 Å². The molecule has 0 saturated heterocycles. The second-order valence-corrected chi connectivity index (χ2v) is 6.37. The first-order valence-corrected chi connectivity index (χ1v) is 8.36. The third-order valence-corrected chi connectivity index (χ3v) is 4.38. The van der Waals surface area contributed by atoms with Crippen LogP contribution in [0.2, 0.25) is 0 Å². The molecule has 0 radical (unpaired) electrons. The van der Waals surface area contributed by atoms with E-state index in [1.165, 1.54) is 31.7 Å². The lowest BCUT2D eigenvalue weighted by atomic mass is 10.0. The highest BCUT2D eigenvalue weighted by Gasteiger charge is 2.17. The zero-order valence-electron chi connectivity index (χ0n) is 13.9. The van der Waals surface area contributed by atoms with Crippen LogP contribution in [0, 0.1) is 12.8 Å². The number of amides is 2. The summed E-state index contributed by atoms with van der Waals surface area (Å²) in [5.41, 5.74) is 1.07. The number of carboxylic acid groups (broad SMARTS) is 1. The van der Waals surface area contributed by atoms with E-state index in [0.29, 0.717) is 12.3 Å². The molecular weight excluding hydrogens is 308 g/mol. The van der Waals surface area contributed by atoms with Gasteiger partial charge in [-0.2, -0.15) is 0 Å². The zero-order chi connectivity index (χ0) is 17.5. The quantitative estimate of drug-likeness (QED) is 0.715. The van der Waals surface area contributed by atoms with E-state index >= 15 is 0 Å². The summed E-state index contributed by atoms with van der Waals surface area (Å²) < 4.78 is 0. The number of carboxylic acids is 1. The number of aromatic carboxylic acids is 1. The van der Waals surface area contributed by atoms with E-state index in [-0.39, 0.29) is 23.7 Å². The predicted molar refractivity (Wildman–Crippen MR) is 91.0 cm³/mol. The van der Waals surface area contributed by atoms with Crippen molar-refractivity contribution < 1.29 is 19.5 Å². The van der Waals surface area contributed by atoms with Crippen LogP contribution >= 0.6 is 0 Å². The van der Waals surface area contributed by atoms with Crippen molar-refractivity contribution in [3.63, 3.8) is 0 Å². The fourth-order valence-corrected chi connectivity index (χ4v) is 3.04. The number of anilines is 1. The molecule has 130 valence electrons. The molecule has 1 aromatic carbocycles. The largest absolute Gasteiger partial charge is 0.478 e. The lowest BCUT2D eigenvalue weighted by Crippen LogP contribution is -2.33. The van der Waals surface area contributed by atoms with Gasteiger partial charge in [0, 0.05) is 6.42 Å². The van der Waals surface area contributed by atoms with Gasteiger partial charge in [0.2, 0.25) is 11.8 Å². The van der Waals surface area contributed by atoms with Crippen LogP contribution < -0.4 is 10.6 Å². The van der Waals surface area contributed by atoms with Crippen LogP contribution in [0.3, 0.4) is 0 Å². The minimum Gasteiger partial charge on any atom is -0.478 e. The molecule has 0 unspecified atom stereocenters. The number of carbonyl (C=O) groups excluding carboxylic acids is 2. The molecule has 24 heavy (non-hydrogen) atoms. The summed E-state index contributed by atoms with van der Waals surface area (Å²) in [6, 6.07) is 4.78. The molecule has 0 aliphatic heterocycles. The predicted octanol–water partition coefficient (Wildman–Crippen LogP) is 2.72. The highest BCUT2D eigenvalue weighted by Crippen LogP contribution is 2.28. The van der Waals surface area contributed by atoms with Crippen LogP contribution in [0.5, 0.6) is 0 Å². The maximum Gasteiger partial charge on any atom is 0.337 e. The fourth-order valence-electron chi connectivity index (χ4n) is 3.04. The molecule has 6 heteroatoms. The van der Waals surface area contributed by atoms with Crippen LogP contribution in [-0.4, -0.2) is 29.4 Å². The van der Waals surface area contributed by atoms with Crippen molar-refractivity contribution in [2.75, 3.05) is 11.9 Å². The molecule has 0 atom stereocenters. The Kier molecular flexibility index (Phi) is 6.35. The van der Waals surface area contributed by atoms with Crippen molar-refractivity contribution in [1.82, 2.24) is 5.32 Å². The summed E-state index contributed by atoms with van der Waals surface area (Å²) >= 11 is 0. The Morgan fingerprint density at radius 3 is 2.54 bits per heavy atom. The van der Waals surface area contributed by atoms with Crippen molar-refractivity contribution in [1.29, 1.82) is 0 Å². The molecule has 0 bridgehead atoms. The molecule has 0 spiro atoms. The molecule has 1 aliphatic carbocycles.